The molecule has 0 rings (SSSR count). The van der Waals surface area contributed by atoms with E-state index in [1.165, 1.54) is 6.42 Å². The summed E-state index contributed by atoms with van der Waals surface area (Å²) in [6.45, 7) is 3.95. The highest BCUT2D eigenvalue weighted by Crippen LogP contribution is 1.94. The zero-order valence-electron chi connectivity index (χ0n) is 6.30. The second kappa shape index (κ2) is 5.83. The molecule has 1 atom stereocenters. The second-order valence-corrected chi connectivity index (χ2v) is 2.34. The van der Waals surface area contributed by atoms with Crippen LogP contribution in [0.4, 0.5) is 0 Å². The summed E-state index contributed by atoms with van der Waals surface area (Å²) in [7, 11) is 0. The lowest BCUT2D eigenvalue weighted by atomic mass is 10.2. The van der Waals surface area contributed by atoms with E-state index in [4.69, 9.17) is 5.11 Å². The summed E-state index contributed by atoms with van der Waals surface area (Å²) in [5.41, 5.74) is 0. The lowest BCUT2D eigenvalue weighted by Gasteiger charge is -1.94. The molecule has 0 aliphatic carbocycles. The van der Waals surface area contributed by atoms with Gasteiger partial charge in [-0.05, 0) is 19.8 Å². The van der Waals surface area contributed by atoms with Gasteiger partial charge in [-0.3, -0.25) is 0 Å². The fourth-order valence-corrected chi connectivity index (χ4v) is 0.578. The average molecular weight is 128 g/mol. The SMILES string of the molecule is CCC/C=C/C[C@@H](C)O. The molecule has 0 amide bonds. The number of hydrogen-bond donors (Lipinski definition) is 1. The average Bonchev–Trinajstić information content (AvgIpc) is 1.80. The fourth-order valence-electron chi connectivity index (χ4n) is 0.578. The van der Waals surface area contributed by atoms with Gasteiger partial charge in [-0.15, -0.1) is 0 Å². The van der Waals surface area contributed by atoms with Gasteiger partial charge < -0.3 is 5.11 Å². The van der Waals surface area contributed by atoms with E-state index in [9.17, 15) is 0 Å². The number of rotatable bonds is 4. The summed E-state index contributed by atoms with van der Waals surface area (Å²) in [6.07, 6.45) is 7.09. The summed E-state index contributed by atoms with van der Waals surface area (Å²) in [5, 5.41) is 8.80. The first-order valence-electron chi connectivity index (χ1n) is 3.60. The standard InChI is InChI=1S/C8H16O/c1-3-4-5-6-7-8(2)9/h5-6,8-9H,3-4,7H2,1-2H3/b6-5+/t8-/m1/s1. The minimum atomic E-state index is -0.182. The first kappa shape index (κ1) is 8.70. The van der Waals surface area contributed by atoms with Crippen LogP contribution in [-0.4, -0.2) is 11.2 Å². The van der Waals surface area contributed by atoms with Crippen LogP contribution in [0.2, 0.25) is 0 Å². The molecule has 54 valence electrons. The van der Waals surface area contributed by atoms with Crippen LogP contribution in [0.5, 0.6) is 0 Å². The Labute approximate surface area is 57.4 Å². The Kier molecular flexibility index (Phi) is 5.64. The van der Waals surface area contributed by atoms with Gasteiger partial charge in [-0.1, -0.05) is 25.5 Å². The van der Waals surface area contributed by atoms with Crippen molar-refractivity contribution in [2.45, 2.75) is 39.2 Å². The third-order valence-electron chi connectivity index (χ3n) is 1.10. The zero-order chi connectivity index (χ0) is 7.11. The molecule has 0 aromatic carbocycles. The molecule has 0 radical (unpaired) electrons. The fraction of sp³-hybridized carbons (Fsp3) is 0.750. The molecule has 0 saturated carbocycles. The third-order valence-corrected chi connectivity index (χ3v) is 1.10. The van der Waals surface area contributed by atoms with E-state index >= 15 is 0 Å². The Hall–Kier alpha value is -0.300. The Morgan fingerprint density at radius 3 is 2.56 bits per heavy atom. The van der Waals surface area contributed by atoms with Crippen molar-refractivity contribution >= 4 is 0 Å². The summed E-state index contributed by atoms with van der Waals surface area (Å²) >= 11 is 0. The molecule has 1 nitrogen and oxygen atoms in total. The number of unbranched alkanes of at least 4 members (excludes halogenated alkanes) is 1. The van der Waals surface area contributed by atoms with E-state index in [0.717, 1.165) is 12.8 Å². The lowest BCUT2D eigenvalue weighted by Crippen LogP contribution is -1.94. The lowest BCUT2D eigenvalue weighted by molar-refractivity contribution is 0.198. The van der Waals surface area contributed by atoms with E-state index < -0.39 is 0 Å². The molecule has 0 aliphatic heterocycles. The monoisotopic (exact) mass is 128 g/mol. The van der Waals surface area contributed by atoms with Gasteiger partial charge in [0.2, 0.25) is 0 Å². The molecule has 9 heavy (non-hydrogen) atoms. The van der Waals surface area contributed by atoms with Crippen LogP contribution in [0, 0.1) is 0 Å². The van der Waals surface area contributed by atoms with Gasteiger partial charge >= 0.3 is 0 Å². The van der Waals surface area contributed by atoms with E-state index in [2.05, 4.69) is 13.0 Å². The largest absolute Gasteiger partial charge is 0.393 e. The van der Waals surface area contributed by atoms with Crippen molar-refractivity contribution in [3.05, 3.63) is 12.2 Å². The summed E-state index contributed by atoms with van der Waals surface area (Å²) in [4.78, 5) is 0. The molecule has 0 saturated heterocycles. The molecule has 0 aromatic heterocycles. The van der Waals surface area contributed by atoms with Gasteiger partial charge in [-0.25, -0.2) is 0 Å². The summed E-state index contributed by atoms with van der Waals surface area (Å²) in [6, 6.07) is 0. The molecule has 0 bridgehead atoms. The molecule has 0 fully saturated rings. The van der Waals surface area contributed by atoms with Crippen LogP contribution in [0.1, 0.15) is 33.1 Å². The van der Waals surface area contributed by atoms with Crippen LogP contribution in [0.25, 0.3) is 0 Å². The van der Waals surface area contributed by atoms with Crippen molar-refractivity contribution in [3.8, 4) is 0 Å². The van der Waals surface area contributed by atoms with Crippen LogP contribution in [0.15, 0.2) is 12.2 Å². The summed E-state index contributed by atoms with van der Waals surface area (Å²) < 4.78 is 0. The molecule has 0 unspecified atom stereocenters. The van der Waals surface area contributed by atoms with Gasteiger partial charge in [-0.2, -0.15) is 0 Å². The van der Waals surface area contributed by atoms with E-state index in [1.807, 2.05) is 6.08 Å². The third kappa shape index (κ3) is 7.70. The van der Waals surface area contributed by atoms with E-state index in [-0.39, 0.29) is 6.10 Å². The van der Waals surface area contributed by atoms with Gasteiger partial charge in [0, 0.05) is 0 Å². The van der Waals surface area contributed by atoms with Crippen molar-refractivity contribution in [2.75, 3.05) is 0 Å². The van der Waals surface area contributed by atoms with Crippen molar-refractivity contribution in [1.29, 1.82) is 0 Å². The first-order valence-corrected chi connectivity index (χ1v) is 3.60. The molecular formula is C8H16O. The van der Waals surface area contributed by atoms with Gasteiger partial charge in [0.05, 0.1) is 6.10 Å². The molecule has 1 N–H and O–H groups in total. The Bertz CT molecular complexity index is 74.6. The molecule has 0 heterocycles. The first-order chi connectivity index (χ1) is 4.27. The van der Waals surface area contributed by atoms with Gasteiger partial charge in [0.15, 0.2) is 0 Å². The Balaban J connectivity index is 3.04. The second-order valence-electron chi connectivity index (χ2n) is 2.34. The smallest absolute Gasteiger partial charge is 0.0546 e. The number of allylic oxidation sites excluding steroid dienone is 1. The Morgan fingerprint density at radius 1 is 1.44 bits per heavy atom. The predicted molar refractivity (Wildman–Crippen MR) is 40.3 cm³/mol. The van der Waals surface area contributed by atoms with Crippen molar-refractivity contribution < 1.29 is 5.11 Å². The maximum absolute atomic E-state index is 8.80. The van der Waals surface area contributed by atoms with E-state index in [0.29, 0.717) is 0 Å². The zero-order valence-corrected chi connectivity index (χ0v) is 6.30. The highest BCUT2D eigenvalue weighted by Gasteiger charge is 1.86. The maximum Gasteiger partial charge on any atom is 0.0546 e. The highest BCUT2D eigenvalue weighted by atomic mass is 16.3. The van der Waals surface area contributed by atoms with Crippen LogP contribution >= 0.6 is 0 Å². The topological polar surface area (TPSA) is 20.2 Å². The predicted octanol–water partition coefficient (Wildman–Crippen LogP) is 2.11. The van der Waals surface area contributed by atoms with Crippen molar-refractivity contribution in [2.24, 2.45) is 0 Å². The van der Waals surface area contributed by atoms with E-state index in [1.54, 1.807) is 6.92 Å². The molecule has 0 aromatic rings. The van der Waals surface area contributed by atoms with Crippen LogP contribution in [-0.2, 0) is 0 Å². The number of hydrogen-bond acceptors (Lipinski definition) is 1. The highest BCUT2D eigenvalue weighted by molar-refractivity contribution is 4.82. The number of aliphatic hydroxyl groups excluding tert-OH is 1. The normalized spacial score (nSPS) is 14.6. The van der Waals surface area contributed by atoms with Crippen LogP contribution in [0.3, 0.4) is 0 Å². The van der Waals surface area contributed by atoms with Crippen LogP contribution < -0.4 is 0 Å². The molecule has 0 spiro atoms. The van der Waals surface area contributed by atoms with Gasteiger partial charge in [0.25, 0.3) is 0 Å². The quantitative estimate of drug-likeness (QED) is 0.575. The molecular weight excluding hydrogens is 112 g/mol. The molecule has 0 aliphatic rings. The van der Waals surface area contributed by atoms with Crippen molar-refractivity contribution in [1.82, 2.24) is 0 Å². The van der Waals surface area contributed by atoms with Crippen molar-refractivity contribution in [3.63, 3.8) is 0 Å². The summed E-state index contributed by atoms with van der Waals surface area (Å²) in [5.74, 6) is 0. The Morgan fingerprint density at radius 2 is 2.11 bits per heavy atom. The maximum atomic E-state index is 8.80. The minimum Gasteiger partial charge on any atom is -0.393 e. The molecule has 1 heteroatoms. The van der Waals surface area contributed by atoms with Gasteiger partial charge in [0.1, 0.15) is 0 Å². The minimum absolute atomic E-state index is 0.182. The number of aliphatic hydroxyl groups is 1.